The largest absolute Gasteiger partial charge is 0.478 e. The minimum Gasteiger partial charge on any atom is -0.478 e. The van der Waals surface area contributed by atoms with E-state index in [2.05, 4.69) is 0 Å². The highest BCUT2D eigenvalue weighted by molar-refractivity contribution is 5.95. The third kappa shape index (κ3) is 7.78. The molecule has 0 saturated carbocycles. The minimum absolute atomic E-state index is 0.0672. The number of nitrogens with zero attached hydrogens (tertiary/aromatic N) is 3. The molecule has 1 unspecified atom stereocenters. The number of anilines is 1. The Bertz CT molecular complexity index is 1380. The Morgan fingerprint density at radius 2 is 1.43 bits per heavy atom. The number of aliphatic carboxylic acids is 2. The van der Waals surface area contributed by atoms with Crippen molar-refractivity contribution in [1.29, 1.82) is 0 Å². The van der Waals surface area contributed by atoms with Crippen LogP contribution >= 0.6 is 0 Å². The summed E-state index contributed by atoms with van der Waals surface area (Å²) >= 11 is 0. The van der Waals surface area contributed by atoms with Crippen molar-refractivity contribution in [3.05, 3.63) is 76.9 Å². The van der Waals surface area contributed by atoms with Crippen LogP contribution in [0.4, 0.5) is 36.8 Å². The van der Waals surface area contributed by atoms with E-state index in [9.17, 15) is 45.5 Å². The van der Waals surface area contributed by atoms with Gasteiger partial charge in [0, 0.05) is 62.4 Å². The number of carbonyl (C=O) groups is 4. The third-order valence-corrected chi connectivity index (χ3v) is 6.33. The number of carboxylic acids is 2. The maximum absolute atomic E-state index is 14.2. The number of urea groups is 1. The lowest BCUT2D eigenvalue weighted by atomic mass is 10.0. The molecular weight excluding hydrogens is 578 g/mol. The molecule has 2 aliphatic rings. The van der Waals surface area contributed by atoms with E-state index in [1.54, 1.807) is 0 Å². The first kappa shape index (κ1) is 31.9. The Hall–Kier alpha value is -4.60. The second-order valence-electron chi connectivity index (χ2n) is 9.33. The van der Waals surface area contributed by atoms with Crippen molar-refractivity contribution >= 4 is 29.6 Å². The van der Waals surface area contributed by atoms with E-state index in [4.69, 9.17) is 15.9 Å². The molecule has 2 fully saturated rings. The van der Waals surface area contributed by atoms with Gasteiger partial charge in [0.15, 0.2) is 23.3 Å². The van der Waals surface area contributed by atoms with E-state index < -0.39 is 76.6 Å². The molecule has 4 N–H and O–H groups in total. The van der Waals surface area contributed by atoms with Gasteiger partial charge in [-0.05, 0) is 18.1 Å². The number of rotatable bonds is 7. The van der Waals surface area contributed by atoms with Gasteiger partial charge in [0.25, 0.3) is 0 Å². The highest BCUT2D eigenvalue weighted by Crippen LogP contribution is 2.31. The molecule has 0 aromatic heterocycles. The number of hydrogen-bond acceptors (Lipinski definition) is 5. The molecule has 2 aromatic rings. The first-order valence-corrected chi connectivity index (χ1v) is 12.2. The zero-order valence-corrected chi connectivity index (χ0v) is 21.6. The van der Waals surface area contributed by atoms with Gasteiger partial charge < -0.3 is 25.7 Å². The SMILES string of the molecule is N[C@@H](CC(=O)N1CCN2C(=O)N(c3c(F)cc(F)cc3F)CC2C1)Cc1cc(F)c(F)cc1F.O=C(O)/C=C/C(=O)O. The predicted molar refractivity (Wildman–Crippen MR) is 133 cm³/mol. The number of piperazine rings is 1. The lowest BCUT2D eigenvalue weighted by Crippen LogP contribution is -2.54. The summed E-state index contributed by atoms with van der Waals surface area (Å²) < 4.78 is 81.9. The average Bonchev–Trinajstić information content (AvgIpc) is 3.21. The second-order valence-corrected chi connectivity index (χ2v) is 9.33. The van der Waals surface area contributed by atoms with E-state index in [1.165, 1.54) is 9.80 Å². The number of benzene rings is 2. The number of fused-ring (bicyclic) bond motifs is 1. The lowest BCUT2D eigenvalue weighted by molar-refractivity contribution is -0.134. The van der Waals surface area contributed by atoms with Crippen LogP contribution in [-0.2, 0) is 20.8 Å². The average molecular weight is 602 g/mol. The van der Waals surface area contributed by atoms with E-state index >= 15 is 0 Å². The smallest absolute Gasteiger partial charge is 0.328 e. The van der Waals surface area contributed by atoms with Gasteiger partial charge >= 0.3 is 18.0 Å². The van der Waals surface area contributed by atoms with Crippen molar-refractivity contribution in [2.75, 3.05) is 31.1 Å². The third-order valence-electron chi connectivity index (χ3n) is 6.33. The molecule has 0 bridgehead atoms. The fourth-order valence-electron chi connectivity index (χ4n) is 4.48. The summed E-state index contributed by atoms with van der Waals surface area (Å²) in [4.78, 5) is 48.2. The fourth-order valence-corrected chi connectivity index (χ4v) is 4.48. The van der Waals surface area contributed by atoms with E-state index in [0.29, 0.717) is 36.4 Å². The predicted octanol–water partition coefficient (Wildman–Crippen LogP) is 2.65. The van der Waals surface area contributed by atoms with Crippen molar-refractivity contribution in [1.82, 2.24) is 9.80 Å². The van der Waals surface area contributed by atoms with Gasteiger partial charge in [0.2, 0.25) is 5.91 Å². The summed E-state index contributed by atoms with van der Waals surface area (Å²) in [6.07, 6.45) is 0.697. The molecule has 2 heterocycles. The quantitative estimate of drug-likeness (QED) is 0.251. The fraction of sp³-hybridized carbons (Fsp3) is 0.308. The molecule has 4 rings (SSSR count). The second kappa shape index (κ2) is 13.4. The molecule has 42 heavy (non-hydrogen) atoms. The monoisotopic (exact) mass is 602 g/mol. The van der Waals surface area contributed by atoms with Crippen molar-refractivity contribution in [2.24, 2.45) is 5.73 Å². The molecule has 2 saturated heterocycles. The van der Waals surface area contributed by atoms with Gasteiger partial charge in [-0.25, -0.2) is 40.7 Å². The molecule has 2 aliphatic heterocycles. The number of hydrogen-bond donors (Lipinski definition) is 3. The van der Waals surface area contributed by atoms with E-state index in [1.807, 2.05) is 0 Å². The Kier molecular flexibility index (Phi) is 10.2. The van der Waals surface area contributed by atoms with Crippen LogP contribution in [0.1, 0.15) is 12.0 Å². The first-order chi connectivity index (χ1) is 19.7. The van der Waals surface area contributed by atoms with Gasteiger partial charge in [0.05, 0.1) is 12.6 Å². The lowest BCUT2D eigenvalue weighted by Gasteiger charge is -2.36. The van der Waals surface area contributed by atoms with E-state index in [0.717, 1.165) is 4.90 Å². The van der Waals surface area contributed by atoms with Gasteiger partial charge in [-0.2, -0.15) is 0 Å². The molecule has 0 radical (unpaired) electrons. The Labute approximate surface area is 234 Å². The van der Waals surface area contributed by atoms with Crippen molar-refractivity contribution < 1.29 is 55.7 Å². The normalized spacial score (nSPS) is 17.2. The summed E-state index contributed by atoms with van der Waals surface area (Å²) in [7, 11) is 0. The van der Waals surface area contributed by atoms with Gasteiger partial charge in [-0.15, -0.1) is 0 Å². The zero-order chi connectivity index (χ0) is 31.3. The molecule has 16 heteroatoms. The molecule has 10 nitrogen and oxygen atoms in total. The van der Waals surface area contributed by atoms with Crippen molar-refractivity contribution in [2.45, 2.75) is 24.9 Å². The molecule has 0 spiro atoms. The van der Waals surface area contributed by atoms with Gasteiger partial charge in [-0.3, -0.25) is 9.69 Å². The Morgan fingerprint density at radius 1 is 0.857 bits per heavy atom. The number of nitrogens with two attached hydrogens (primary N) is 1. The molecule has 226 valence electrons. The van der Waals surface area contributed by atoms with Crippen LogP contribution in [0.5, 0.6) is 0 Å². The first-order valence-electron chi connectivity index (χ1n) is 12.2. The van der Waals surface area contributed by atoms with Crippen LogP contribution in [0.15, 0.2) is 36.4 Å². The van der Waals surface area contributed by atoms with Crippen molar-refractivity contribution in [3.63, 3.8) is 0 Å². The Balaban J connectivity index is 0.000000531. The van der Waals surface area contributed by atoms with Gasteiger partial charge in [0.1, 0.15) is 17.3 Å². The van der Waals surface area contributed by atoms with Crippen LogP contribution in [0.3, 0.4) is 0 Å². The molecule has 2 aromatic carbocycles. The van der Waals surface area contributed by atoms with Crippen LogP contribution in [0.25, 0.3) is 0 Å². The highest BCUT2D eigenvalue weighted by Gasteiger charge is 2.43. The number of amides is 3. The van der Waals surface area contributed by atoms with E-state index in [-0.39, 0.29) is 44.6 Å². The zero-order valence-electron chi connectivity index (χ0n) is 21.6. The minimum atomic E-state index is -1.33. The summed E-state index contributed by atoms with van der Waals surface area (Å²) in [5.41, 5.74) is 5.10. The van der Waals surface area contributed by atoms with Crippen LogP contribution in [-0.4, -0.2) is 82.2 Å². The van der Waals surface area contributed by atoms with Crippen LogP contribution < -0.4 is 10.6 Å². The van der Waals surface area contributed by atoms with Crippen molar-refractivity contribution in [3.8, 4) is 0 Å². The molecule has 3 amide bonds. The number of carbonyl (C=O) groups excluding carboxylic acids is 2. The summed E-state index contributed by atoms with van der Waals surface area (Å²) in [6, 6.07) is -0.0321. The number of halogens is 6. The molecule has 0 aliphatic carbocycles. The number of carboxylic acid groups (broad SMARTS) is 2. The highest BCUT2D eigenvalue weighted by atomic mass is 19.2. The summed E-state index contributed by atoms with van der Waals surface area (Å²) in [6.45, 7) is 0.185. The summed E-state index contributed by atoms with van der Waals surface area (Å²) in [5, 5.41) is 15.6. The Morgan fingerprint density at radius 3 is 2.00 bits per heavy atom. The maximum atomic E-state index is 14.2. The molecule has 2 atom stereocenters. The van der Waals surface area contributed by atoms with Crippen LogP contribution in [0.2, 0.25) is 0 Å². The topological polar surface area (TPSA) is 144 Å². The summed E-state index contributed by atoms with van der Waals surface area (Å²) in [5.74, 6) is -9.98. The van der Waals surface area contributed by atoms with Crippen LogP contribution in [0, 0.1) is 34.9 Å². The molecular formula is C26H24F6N4O6. The van der Waals surface area contributed by atoms with Gasteiger partial charge in [-0.1, -0.05) is 0 Å². The standard InChI is InChI=1S/C22H20F6N4O2.C4H4O4/c23-12-5-18(27)21(19(28)6-12)32-10-14-9-30(1-2-31(14)22(32)34)20(33)7-13(29)3-11-4-16(25)17(26)8-15(11)24;5-3(6)1-2-4(7)8/h4-6,8,13-14H,1-3,7,9-10,29H2;1-2H,(H,5,6)(H,7,8)/b;2-1+/t13-,14?;/m1./s1. The maximum Gasteiger partial charge on any atom is 0.328 e.